The van der Waals surface area contributed by atoms with Crippen LogP contribution in [0.3, 0.4) is 0 Å². The summed E-state index contributed by atoms with van der Waals surface area (Å²) >= 11 is 0. The number of H-pyrrole nitrogens is 1. The zero-order valence-electron chi connectivity index (χ0n) is 22.5. The average molecular weight is 546 g/mol. The summed E-state index contributed by atoms with van der Waals surface area (Å²) in [4.78, 5) is 25.5. The van der Waals surface area contributed by atoms with Crippen molar-refractivity contribution < 1.29 is 27.8 Å². The Bertz CT molecular complexity index is 1410. The van der Waals surface area contributed by atoms with E-state index in [1.807, 2.05) is 19.9 Å². The molecule has 2 aromatic carbocycles. The maximum absolute atomic E-state index is 14.4. The van der Waals surface area contributed by atoms with Crippen LogP contribution in [-0.4, -0.2) is 33.6 Å². The molecule has 0 bridgehead atoms. The molecule has 0 saturated heterocycles. The average Bonchev–Trinajstić information content (AvgIpc) is 3.17. The summed E-state index contributed by atoms with van der Waals surface area (Å²) in [6, 6.07) is 7.26. The van der Waals surface area contributed by atoms with Crippen molar-refractivity contribution in [1.29, 1.82) is 0 Å². The summed E-state index contributed by atoms with van der Waals surface area (Å²) in [5.74, 6) is -1.46. The Kier molecular flexibility index (Phi) is 8.13. The minimum atomic E-state index is -4.82. The van der Waals surface area contributed by atoms with Crippen LogP contribution in [0, 0.1) is 26.7 Å². The number of hydrogen-bond acceptors (Lipinski definition) is 5. The van der Waals surface area contributed by atoms with Gasteiger partial charge in [0, 0.05) is 5.56 Å². The largest absolute Gasteiger partial charge is 0.507 e. The quantitative estimate of drug-likeness (QED) is 0.301. The topological polar surface area (TPSA) is 96.4 Å². The third-order valence-corrected chi connectivity index (χ3v) is 7.58. The smallest absolute Gasteiger partial charge is 0.412 e. The van der Waals surface area contributed by atoms with Gasteiger partial charge in [0.05, 0.1) is 23.9 Å². The SMILES string of the molecule is CCOC(=O)C1CCCC(c2cccc(C(Nc3c(C)[nH]n(-c4ccc(C)c(C)c4)c3=O)C(F)(F)F)c2O)C1. The molecular weight excluding hydrogens is 511 g/mol. The molecule has 0 amide bonds. The molecule has 1 fully saturated rings. The molecule has 0 aliphatic heterocycles. The molecule has 1 aliphatic carbocycles. The number of carbonyl (C=O) groups is 1. The Morgan fingerprint density at radius 3 is 2.59 bits per heavy atom. The van der Waals surface area contributed by atoms with E-state index in [0.717, 1.165) is 11.1 Å². The highest BCUT2D eigenvalue weighted by Crippen LogP contribution is 2.45. The first-order chi connectivity index (χ1) is 18.4. The number of aromatic hydroxyl groups is 1. The fraction of sp³-hybridized carbons (Fsp3) is 0.448. The predicted octanol–water partition coefficient (Wildman–Crippen LogP) is 6.35. The van der Waals surface area contributed by atoms with Crippen molar-refractivity contribution in [2.45, 2.75) is 71.5 Å². The number of aromatic nitrogens is 2. The van der Waals surface area contributed by atoms with Gasteiger partial charge >= 0.3 is 12.1 Å². The van der Waals surface area contributed by atoms with Crippen molar-refractivity contribution in [3.05, 3.63) is 74.7 Å². The third-order valence-electron chi connectivity index (χ3n) is 7.58. The van der Waals surface area contributed by atoms with Gasteiger partial charge < -0.3 is 15.2 Å². The van der Waals surface area contributed by atoms with Gasteiger partial charge in [-0.3, -0.25) is 14.7 Å². The lowest BCUT2D eigenvalue weighted by atomic mass is 9.77. The third kappa shape index (κ3) is 5.84. The Labute approximate surface area is 225 Å². The molecule has 10 heteroatoms. The maximum atomic E-state index is 14.4. The summed E-state index contributed by atoms with van der Waals surface area (Å²) in [6.45, 7) is 7.30. The van der Waals surface area contributed by atoms with E-state index in [0.29, 0.717) is 36.9 Å². The number of para-hydroxylation sites is 1. The molecule has 1 saturated carbocycles. The van der Waals surface area contributed by atoms with Crippen LogP contribution in [0.1, 0.15) is 72.5 Å². The molecule has 210 valence electrons. The monoisotopic (exact) mass is 545 g/mol. The van der Waals surface area contributed by atoms with E-state index in [4.69, 9.17) is 4.74 Å². The standard InChI is InChI=1S/C29H34F3N3O4/c1-5-39-28(38)20-9-6-8-19(15-20)22-10-7-11-23(25(22)36)26(29(30,31)32)33-24-18(4)34-35(27(24)37)21-13-12-16(2)17(3)14-21/h7,10-14,19-20,26,33-34,36H,5-6,8-9,15H2,1-4H3. The predicted molar refractivity (Wildman–Crippen MR) is 142 cm³/mol. The highest BCUT2D eigenvalue weighted by atomic mass is 19.4. The minimum absolute atomic E-state index is 0.229. The second-order valence-corrected chi connectivity index (χ2v) is 10.2. The van der Waals surface area contributed by atoms with Gasteiger partial charge in [-0.15, -0.1) is 0 Å². The molecule has 3 unspecified atom stereocenters. The molecule has 1 heterocycles. The van der Waals surface area contributed by atoms with Crippen LogP contribution in [0.4, 0.5) is 18.9 Å². The molecule has 0 radical (unpaired) electrons. The maximum Gasteiger partial charge on any atom is 0.412 e. The Hall–Kier alpha value is -3.69. The fourth-order valence-electron chi connectivity index (χ4n) is 5.33. The second-order valence-electron chi connectivity index (χ2n) is 10.2. The van der Waals surface area contributed by atoms with E-state index in [-0.39, 0.29) is 41.4 Å². The van der Waals surface area contributed by atoms with Gasteiger partial charge in [0.15, 0.2) is 6.04 Å². The van der Waals surface area contributed by atoms with Crippen LogP contribution in [0.15, 0.2) is 41.2 Å². The number of hydrogen-bond donors (Lipinski definition) is 3. The van der Waals surface area contributed by atoms with Crippen LogP contribution >= 0.6 is 0 Å². The summed E-state index contributed by atoms with van der Waals surface area (Å²) in [7, 11) is 0. The normalized spacial score (nSPS) is 18.5. The number of esters is 1. The van der Waals surface area contributed by atoms with E-state index in [2.05, 4.69) is 10.4 Å². The van der Waals surface area contributed by atoms with Crippen LogP contribution in [0.5, 0.6) is 5.75 Å². The Morgan fingerprint density at radius 2 is 1.92 bits per heavy atom. The van der Waals surface area contributed by atoms with Gasteiger partial charge in [-0.25, -0.2) is 4.68 Å². The molecule has 4 rings (SSSR count). The highest BCUT2D eigenvalue weighted by molar-refractivity contribution is 5.72. The number of ether oxygens (including phenoxy) is 1. The number of nitrogens with one attached hydrogen (secondary N) is 2. The first-order valence-corrected chi connectivity index (χ1v) is 13.1. The lowest BCUT2D eigenvalue weighted by Crippen LogP contribution is -2.31. The van der Waals surface area contributed by atoms with Gasteiger partial charge in [0.2, 0.25) is 0 Å². The molecule has 3 atom stereocenters. The van der Waals surface area contributed by atoms with E-state index in [9.17, 15) is 27.9 Å². The number of halogens is 3. The van der Waals surface area contributed by atoms with Crippen molar-refractivity contribution in [1.82, 2.24) is 9.78 Å². The number of carbonyl (C=O) groups excluding carboxylic acids is 1. The number of anilines is 1. The van der Waals surface area contributed by atoms with Gasteiger partial charge in [0.25, 0.3) is 5.56 Å². The lowest BCUT2D eigenvalue weighted by Gasteiger charge is -2.30. The molecule has 7 nitrogen and oxygen atoms in total. The van der Waals surface area contributed by atoms with Crippen LogP contribution in [0.25, 0.3) is 5.69 Å². The minimum Gasteiger partial charge on any atom is -0.507 e. The van der Waals surface area contributed by atoms with Crippen LogP contribution < -0.4 is 10.9 Å². The first kappa shape index (κ1) is 28.3. The number of aromatic amines is 1. The summed E-state index contributed by atoms with van der Waals surface area (Å²) in [5, 5.41) is 16.3. The molecule has 39 heavy (non-hydrogen) atoms. The van der Waals surface area contributed by atoms with Crippen molar-refractivity contribution in [2.75, 3.05) is 11.9 Å². The number of nitrogens with zero attached hydrogens (tertiary/aromatic N) is 1. The highest BCUT2D eigenvalue weighted by Gasteiger charge is 2.44. The van der Waals surface area contributed by atoms with Crippen molar-refractivity contribution >= 4 is 11.7 Å². The van der Waals surface area contributed by atoms with Gasteiger partial charge in [0.1, 0.15) is 11.4 Å². The summed E-state index contributed by atoms with van der Waals surface area (Å²) < 4.78 is 49.6. The van der Waals surface area contributed by atoms with Gasteiger partial charge in [-0.2, -0.15) is 13.2 Å². The molecule has 0 spiro atoms. The number of rotatable bonds is 7. The fourth-order valence-corrected chi connectivity index (χ4v) is 5.33. The zero-order valence-corrected chi connectivity index (χ0v) is 22.5. The molecule has 3 N–H and O–H groups in total. The van der Waals surface area contributed by atoms with Gasteiger partial charge in [-0.1, -0.05) is 30.7 Å². The van der Waals surface area contributed by atoms with E-state index >= 15 is 0 Å². The van der Waals surface area contributed by atoms with E-state index in [1.54, 1.807) is 25.1 Å². The molecule has 3 aromatic rings. The van der Waals surface area contributed by atoms with Crippen molar-refractivity contribution in [3.63, 3.8) is 0 Å². The zero-order chi connectivity index (χ0) is 28.5. The van der Waals surface area contributed by atoms with Crippen LogP contribution in [0.2, 0.25) is 0 Å². The Balaban J connectivity index is 1.68. The molecule has 1 aliphatic rings. The van der Waals surface area contributed by atoms with Gasteiger partial charge in [-0.05, 0) is 81.7 Å². The number of aryl methyl sites for hydroxylation is 3. The van der Waals surface area contributed by atoms with E-state index < -0.39 is 23.5 Å². The number of phenols is 1. The number of phenolic OH excluding ortho intramolecular Hbond substituents is 1. The molecule has 1 aromatic heterocycles. The second kappa shape index (κ2) is 11.2. The van der Waals surface area contributed by atoms with Crippen molar-refractivity contribution in [2.24, 2.45) is 5.92 Å². The van der Waals surface area contributed by atoms with Crippen LogP contribution in [-0.2, 0) is 9.53 Å². The lowest BCUT2D eigenvalue weighted by molar-refractivity contribution is -0.149. The number of alkyl halides is 3. The number of benzene rings is 2. The molecular formula is C29H34F3N3O4. The summed E-state index contributed by atoms with van der Waals surface area (Å²) in [6.07, 6.45) is -2.47. The Morgan fingerprint density at radius 1 is 1.18 bits per heavy atom. The first-order valence-electron chi connectivity index (χ1n) is 13.1. The van der Waals surface area contributed by atoms with E-state index in [1.165, 1.54) is 23.7 Å². The summed E-state index contributed by atoms with van der Waals surface area (Å²) in [5.41, 5.74) is 1.77. The van der Waals surface area contributed by atoms with Crippen molar-refractivity contribution in [3.8, 4) is 11.4 Å².